The summed E-state index contributed by atoms with van der Waals surface area (Å²) in [7, 11) is 1.53. The molecule has 5 N–H and O–H groups in total. The van der Waals surface area contributed by atoms with Crippen LogP contribution in [-0.4, -0.2) is 34.8 Å². The minimum Gasteiger partial charge on any atom is -0.495 e. The summed E-state index contributed by atoms with van der Waals surface area (Å²) >= 11 is 3.39. The highest BCUT2D eigenvalue weighted by Gasteiger charge is 2.13. The zero-order valence-corrected chi connectivity index (χ0v) is 14.5. The van der Waals surface area contributed by atoms with Crippen LogP contribution in [0.5, 0.6) is 11.5 Å². The molecular formula is C15H17BrN4O4. The van der Waals surface area contributed by atoms with Crippen LogP contribution >= 0.6 is 15.9 Å². The lowest BCUT2D eigenvalue weighted by molar-refractivity contribution is -0.137. The Morgan fingerprint density at radius 1 is 1.33 bits per heavy atom. The molecule has 2 rings (SSSR count). The number of hydrogen-bond acceptors (Lipinski definition) is 7. The molecule has 0 fully saturated rings. The third kappa shape index (κ3) is 4.48. The molecule has 0 radical (unpaired) electrons. The van der Waals surface area contributed by atoms with Crippen LogP contribution in [0.3, 0.4) is 0 Å². The van der Waals surface area contributed by atoms with Crippen LogP contribution in [0, 0.1) is 0 Å². The predicted octanol–water partition coefficient (Wildman–Crippen LogP) is 1.86. The number of rotatable bonds is 7. The summed E-state index contributed by atoms with van der Waals surface area (Å²) in [5.74, 6) is 0.536. The van der Waals surface area contributed by atoms with E-state index in [1.165, 1.54) is 7.11 Å². The average Bonchev–Trinajstić information content (AvgIpc) is 2.52. The third-order valence-corrected chi connectivity index (χ3v) is 3.95. The molecule has 0 aliphatic rings. The van der Waals surface area contributed by atoms with E-state index in [1.807, 2.05) is 6.07 Å². The predicted molar refractivity (Wildman–Crippen MR) is 92.1 cm³/mol. The number of benzene rings is 1. The topological polar surface area (TPSA) is 134 Å². The van der Waals surface area contributed by atoms with Crippen molar-refractivity contribution in [1.29, 1.82) is 0 Å². The zero-order chi connectivity index (χ0) is 17.7. The summed E-state index contributed by atoms with van der Waals surface area (Å²) in [4.78, 5) is 18.5. The third-order valence-electron chi connectivity index (χ3n) is 3.17. The number of aliphatic carboxylic acids is 1. The van der Waals surface area contributed by atoms with Crippen molar-refractivity contribution in [3.63, 3.8) is 0 Å². The van der Waals surface area contributed by atoms with Crippen molar-refractivity contribution in [3.05, 3.63) is 33.9 Å². The molecule has 128 valence electrons. The Hall–Kier alpha value is -2.55. The van der Waals surface area contributed by atoms with Crippen LogP contribution < -0.4 is 20.9 Å². The molecule has 0 aliphatic heterocycles. The van der Waals surface area contributed by atoms with Gasteiger partial charge in [-0.3, -0.25) is 4.79 Å². The van der Waals surface area contributed by atoms with Crippen molar-refractivity contribution < 1.29 is 19.4 Å². The van der Waals surface area contributed by atoms with Crippen LogP contribution in [0.25, 0.3) is 0 Å². The maximum Gasteiger partial charge on any atom is 0.306 e. The lowest BCUT2D eigenvalue weighted by atomic mass is 10.1. The van der Waals surface area contributed by atoms with E-state index in [1.54, 1.807) is 12.3 Å². The first-order valence-electron chi connectivity index (χ1n) is 6.98. The van der Waals surface area contributed by atoms with Gasteiger partial charge in [0.25, 0.3) is 0 Å². The Kier molecular flexibility index (Phi) is 5.80. The molecule has 0 aliphatic carbocycles. The van der Waals surface area contributed by atoms with Gasteiger partial charge in [0.15, 0.2) is 0 Å². The fraction of sp³-hybridized carbons (Fsp3) is 0.267. The van der Waals surface area contributed by atoms with E-state index in [9.17, 15) is 4.79 Å². The van der Waals surface area contributed by atoms with Crippen molar-refractivity contribution >= 4 is 33.7 Å². The fourth-order valence-electron chi connectivity index (χ4n) is 2.02. The fourth-order valence-corrected chi connectivity index (χ4v) is 2.53. The highest BCUT2D eigenvalue weighted by atomic mass is 79.9. The molecule has 0 atom stereocenters. The molecule has 0 bridgehead atoms. The Labute approximate surface area is 146 Å². The van der Waals surface area contributed by atoms with E-state index in [4.69, 9.17) is 26.0 Å². The number of nitrogen functional groups attached to an aromatic ring is 2. The van der Waals surface area contributed by atoms with E-state index in [0.717, 1.165) is 5.56 Å². The van der Waals surface area contributed by atoms with E-state index >= 15 is 0 Å². The summed E-state index contributed by atoms with van der Waals surface area (Å²) in [5, 5.41) is 8.71. The van der Waals surface area contributed by atoms with Crippen molar-refractivity contribution in [2.45, 2.75) is 12.8 Å². The van der Waals surface area contributed by atoms with Crippen LogP contribution in [0.1, 0.15) is 17.5 Å². The monoisotopic (exact) mass is 396 g/mol. The molecule has 1 aromatic heterocycles. The zero-order valence-electron chi connectivity index (χ0n) is 13.0. The normalized spacial score (nSPS) is 10.4. The maximum absolute atomic E-state index is 10.6. The van der Waals surface area contributed by atoms with Crippen LogP contribution in [0.2, 0.25) is 0 Å². The van der Waals surface area contributed by atoms with Gasteiger partial charge < -0.3 is 26.0 Å². The molecule has 1 heterocycles. The van der Waals surface area contributed by atoms with Gasteiger partial charge in [-0.2, -0.15) is 4.98 Å². The van der Waals surface area contributed by atoms with E-state index in [2.05, 4.69) is 25.9 Å². The second kappa shape index (κ2) is 7.82. The van der Waals surface area contributed by atoms with Crippen molar-refractivity contribution in [2.24, 2.45) is 0 Å². The number of hydrogen-bond donors (Lipinski definition) is 3. The Balaban J connectivity index is 2.27. The molecule has 1 aromatic carbocycles. The smallest absolute Gasteiger partial charge is 0.306 e. The van der Waals surface area contributed by atoms with Gasteiger partial charge in [-0.25, -0.2) is 4.98 Å². The van der Waals surface area contributed by atoms with Gasteiger partial charge in [0.05, 0.1) is 20.1 Å². The van der Waals surface area contributed by atoms with Gasteiger partial charge in [-0.05, 0) is 33.6 Å². The minimum atomic E-state index is -0.930. The number of carboxylic acid groups (broad SMARTS) is 1. The first-order chi connectivity index (χ1) is 11.4. The molecular weight excluding hydrogens is 380 g/mol. The molecule has 24 heavy (non-hydrogen) atoms. The van der Waals surface area contributed by atoms with Crippen molar-refractivity contribution in [1.82, 2.24) is 9.97 Å². The summed E-state index contributed by atoms with van der Waals surface area (Å²) in [6, 6.07) is 3.61. The van der Waals surface area contributed by atoms with Crippen LogP contribution in [-0.2, 0) is 11.2 Å². The van der Waals surface area contributed by atoms with Crippen molar-refractivity contribution in [3.8, 4) is 11.5 Å². The van der Waals surface area contributed by atoms with Crippen LogP contribution in [0.4, 0.5) is 11.8 Å². The molecule has 9 heteroatoms. The lowest BCUT2D eigenvalue weighted by Crippen LogP contribution is -2.06. The van der Waals surface area contributed by atoms with Gasteiger partial charge in [-0.1, -0.05) is 0 Å². The number of carbonyl (C=O) groups is 1. The molecule has 0 saturated carbocycles. The summed E-state index contributed by atoms with van der Waals surface area (Å²) in [5.41, 5.74) is 12.9. The number of carboxylic acids is 1. The molecule has 0 amide bonds. The highest BCUT2D eigenvalue weighted by molar-refractivity contribution is 9.10. The number of methoxy groups -OCH3 is 1. The van der Waals surface area contributed by atoms with Gasteiger partial charge in [-0.15, -0.1) is 0 Å². The summed E-state index contributed by atoms with van der Waals surface area (Å²) in [6.07, 6.45) is 1.92. The van der Waals surface area contributed by atoms with Crippen LogP contribution in [0.15, 0.2) is 22.8 Å². The average molecular weight is 397 g/mol. The first-order valence-corrected chi connectivity index (χ1v) is 7.78. The summed E-state index contributed by atoms with van der Waals surface area (Å²) < 4.78 is 11.5. The molecule has 0 saturated heterocycles. The second-order valence-electron chi connectivity index (χ2n) is 4.92. The molecule has 0 spiro atoms. The van der Waals surface area contributed by atoms with Gasteiger partial charge in [0.1, 0.15) is 21.8 Å². The van der Waals surface area contributed by atoms with E-state index in [-0.39, 0.29) is 19.0 Å². The number of anilines is 2. The Bertz CT molecular complexity index is 754. The second-order valence-corrected chi connectivity index (χ2v) is 5.71. The summed E-state index contributed by atoms with van der Waals surface area (Å²) in [6.45, 7) is 0.0493. The lowest BCUT2D eigenvalue weighted by Gasteiger charge is -2.14. The van der Waals surface area contributed by atoms with E-state index in [0.29, 0.717) is 33.8 Å². The minimum absolute atomic E-state index is 0.0493. The van der Waals surface area contributed by atoms with Gasteiger partial charge >= 0.3 is 5.97 Å². The van der Waals surface area contributed by atoms with Gasteiger partial charge in [0, 0.05) is 18.2 Å². The number of nitrogens with zero attached hydrogens (tertiary/aromatic N) is 2. The molecule has 8 nitrogen and oxygen atoms in total. The largest absolute Gasteiger partial charge is 0.495 e. The SMILES string of the molecule is COc1cc(Cc2cnc(N)nc2N)cc(OCCC(=O)O)c1Br. The molecule has 2 aromatic rings. The highest BCUT2D eigenvalue weighted by Crippen LogP contribution is 2.36. The Morgan fingerprint density at radius 3 is 2.67 bits per heavy atom. The standard InChI is InChI=1S/C15H17BrN4O4/c1-23-10-5-8(4-9-7-19-15(18)20-14(9)17)6-11(13(10)16)24-3-2-12(21)22/h5-7H,2-4H2,1H3,(H,21,22)(H4,17,18,19,20). The Morgan fingerprint density at radius 2 is 2.04 bits per heavy atom. The number of nitrogens with two attached hydrogens (primary N) is 2. The quantitative estimate of drug-likeness (QED) is 0.645. The van der Waals surface area contributed by atoms with Gasteiger partial charge in [0.2, 0.25) is 5.95 Å². The first kappa shape index (κ1) is 17.8. The number of aromatic nitrogens is 2. The number of halogens is 1. The maximum atomic E-state index is 10.6. The number of ether oxygens (including phenoxy) is 2. The van der Waals surface area contributed by atoms with Crippen molar-refractivity contribution in [2.75, 3.05) is 25.2 Å². The van der Waals surface area contributed by atoms with E-state index < -0.39 is 5.97 Å². The molecule has 0 unspecified atom stereocenters.